The first-order valence-corrected chi connectivity index (χ1v) is 9.29. The summed E-state index contributed by atoms with van der Waals surface area (Å²) in [4.78, 5) is 31.2. The van der Waals surface area contributed by atoms with Crippen molar-refractivity contribution in [3.63, 3.8) is 0 Å². The molecule has 0 unspecified atom stereocenters. The van der Waals surface area contributed by atoms with E-state index in [0.29, 0.717) is 22.5 Å². The van der Waals surface area contributed by atoms with Gasteiger partial charge in [0.05, 0.1) is 22.3 Å². The number of benzene rings is 1. The number of H-pyrrole nitrogens is 1. The van der Waals surface area contributed by atoms with Gasteiger partial charge in [-0.2, -0.15) is 0 Å². The van der Waals surface area contributed by atoms with Crippen LogP contribution in [0.3, 0.4) is 0 Å². The predicted molar refractivity (Wildman–Crippen MR) is 99.0 cm³/mol. The number of fused-ring (bicyclic) bond motifs is 1. The van der Waals surface area contributed by atoms with Gasteiger partial charge >= 0.3 is 5.97 Å². The molecule has 2 aromatic heterocycles. The minimum atomic E-state index is -0.639. The first kappa shape index (κ1) is 18.2. The van der Waals surface area contributed by atoms with Gasteiger partial charge in [-0.05, 0) is 32.9 Å². The summed E-state index contributed by atoms with van der Waals surface area (Å²) >= 11 is 1.42. The SMILES string of the molecule is Cc1noc(C)c1CSCC(=O)O[C@H](C)c1nc2ccccc2c(=O)[nH]1. The highest BCUT2D eigenvalue weighted by atomic mass is 32.2. The first-order chi connectivity index (χ1) is 12.5. The van der Waals surface area contributed by atoms with Crippen LogP contribution in [0.5, 0.6) is 0 Å². The molecule has 2 heterocycles. The Morgan fingerprint density at radius 1 is 1.35 bits per heavy atom. The highest BCUT2D eigenvalue weighted by molar-refractivity contribution is 7.99. The molecule has 3 aromatic rings. The Morgan fingerprint density at radius 3 is 2.85 bits per heavy atom. The number of hydrogen-bond acceptors (Lipinski definition) is 7. The molecular formula is C18H19N3O4S. The number of aromatic nitrogens is 3. The number of rotatable bonds is 6. The second-order valence-electron chi connectivity index (χ2n) is 5.90. The first-order valence-electron chi connectivity index (χ1n) is 8.13. The molecule has 0 aliphatic carbocycles. The van der Waals surface area contributed by atoms with E-state index in [1.54, 1.807) is 31.2 Å². The van der Waals surface area contributed by atoms with E-state index in [-0.39, 0.29) is 17.3 Å². The fourth-order valence-corrected chi connectivity index (χ4v) is 3.48. The van der Waals surface area contributed by atoms with Crippen molar-refractivity contribution in [1.29, 1.82) is 0 Å². The number of para-hydroxylation sites is 1. The molecule has 1 atom stereocenters. The maximum atomic E-state index is 12.1. The van der Waals surface area contributed by atoms with Gasteiger partial charge in [0.25, 0.3) is 5.56 Å². The molecule has 7 nitrogen and oxygen atoms in total. The number of nitrogens with one attached hydrogen (secondary N) is 1. The van der Waals surface area contributed by atoms with E-state index < -0.39 is 6.10 Å². The number of carbonyl (C=O) groups is 1. The lowest BCUT2D eigenvalue weighted by Crippen LogP contribution is -2.18. The molecule has 3 rings (SSSR count). The Morgan fingerprint density at radius 2 is 2.12 bits per heavy atom. The summed E-state index contributed by atoms with van der Waals surface area (Å²) in [6.45, 7) is 5.40. The molecule has 0 radical (unpaired) electrons. The Kier molecular flexibility index (Phi) is 5.41. The van der Waals surface area contributed by atoms with Gasteiger partial charge in [-0.1, -0.05) is 17.3 Å². The number of ether oxygens (including phenoxy) is 1. The smallest absolute Gasteiger partial charge is 0.316 e. The normalized spacial score (nSPS) is 12.3. The molecule has 0 saturated carbocycles. The third kappa shape index (κ3) is 3.96. The van der Waals surface area contributed by atoms with Gasteiger partial charge in [0, 0.05) is 11.3 Å². The Hall–Kier alpha value is -2.61. The Labute approximate surface area is 154 Å². The number of hydrogen-bond donors (Lipinski definition) is 1. The molecule has 1 aromatic carbocycles. The van der Waals surface area contributed by atoms with E-state index >= 15 is 0 Å². The van der Waals surface area contributed by atoms with Crippen LogP contribution >= 0.6 is 11.8 Å². The number of esters is 1. The van der Waals surface area contributed by atoms with Crippen LogP contribution in [0.25, 0.3) is 10.9 Å². The highest BCUT2D eigenvalue weighted by Gasteiger charge is 2.16. The topological polar surface area (TPSA) is 98.1 Å². The molecule has 0 spiro atoms. The molecule has 0 saturated heterocycles. The van der Waals surface area contributed by atoms with Crippen molar-refractivity contribution in [2.24, 2.45) is 0 Å². The van der Waals surface area contributed by atoms with Crippen LogP contribution in [-0.2, 0) is 15.3 Å². The molecule has 8 heteroatoms. The quantitative estimate of drug-likeness (QED) is 0.663. The molecule has 0 fully saturated rings. The van der Waals surface area contributed by atoms with Crippen LogP contribution in [-0.4, -0.2) is 26.8 Å². The zero-order valence-corrected chi connectivity index (χ0v) is 15.6. The van der Waals surface area contributed by atoms with Crippen molar-refractivity contribution in [3.8, 4) is 0 Å². The molecule has 0 aliphatic rings. The van der Waals surface area contributed by atoms with Gasteiger partial charge in [0.15, 0.2) is 11.9 Å². The van der Waals surface area contributed by atoms with Crippen LogP contribution in [0.15, 0.2) is 33.6 Å². The van der Waals surface area contributed by atoms with E-state index in [2.05, 4.69) is 15.1 Å². The molecular weight excluding hydrogens is 354 g/mol. The van der Waals surface area contributed by atoms with E-state index in [1.165, 1.54) is 11.8 Å². The largest absolute Gasteiger partial charge is 0.454 e. The predicted octanol–water partition coefficient (Wildman–Crippen LogP) is 3.07. The van der Waals surface area contributed by atoms with Gasteiger partial charge in [0.1, 0.15) is 5.76 Å². The Bertz CT molecular complexity index is 976. The van der Waals surface area contributed by atoms with Crippen molar-refractivity contribution in [1.82, 2.24) is 15.1 Å². The number of aryl methyl sites for hydroxylation is 2. The minimum Gasteiger partial charge on any atom is -0.454 e. The lowest BCUT2D eigenvalue weighted by Gasteiger charge is -2.13. The van der Waals surface area contributed by atoms with E-state index in [1.807, 2.05) is 13.8 Å². The summed E-state index contributed by atoms with van der Waals surface area (Å²) in [5.41, 5.74) is 2.15. The van der Waals surface area contributed by atoms with Crippen molar-refractivity contribution < 1.29 is 14.1 Å². The van der Waals surface area contributed by atoms with E-state index in [4.69, 9.17) is 9.26 Å². The second kappa shape index (κ2) is 7.74. The second-order valence-corrected chi connectivity index (χ2v) is 6.88. The van der Waals surface area contributed by atoms with Crippen LogP contribution < -0.4 is 5.56 Å². The number of thioether (sulfide) groups is 1. The Balaban J connectivity index is 1.60. The maximum Gasteiger partial charge on any atom is 0.316 e. The fraction of sp³-hybridized carbons (Fsp3) is 0.333. The van der Waals surface area contributed by atoms with Gasteiger partial charge in [0.2, 0.25) is 0 Å². The van der Waals surface area contributed by atoms with Crippen molar-refractivity contribution in [3.05, 3.63) is 57.5 Å². The van der Waals surface area contributed by atoms with E-state index in [0.717, 1.165) is 17.0 Å². The average molecular weight is 373 g/mol. The number of nitrogens with zero attached hydrogens (tertiary/aromatic N) is 2. The monoisotopic (exact) mass is 373 g/mol. The zero-order valence-electron chi connectivity index (χ0n) is 14.7. The van der Waals surface area contributed by atoms with Crippen molar-refractivity contribution in [2.75, 3.05) is 5.75 Å². The lowest BCUT2D eigenvalue weighted by molar-refractivity contribution is -0.145. The lowest BCUT2D eigenvalue weighted by atomic mass is 10.2. The van der Waals surface area contributed by atoms with Gasteiger partial charge < -0.3 is 14.2 Å². The minimum absolute atomic E-state index is 0.187. The van der Waals surface area contributed by atoms with Crippen LogP contribution in [0.1, 0.15) is 35.9 Å². The van der Waals surface area contributed by atoms with Crippen molar-refractivity contribution in [2.45, 2.75) is 32.6 Å². The summed E-state index contributed by atoms with van der Waals surface area (Å²) < 4.78 is 10.5. The number of carbonyl (C=O) groups excluding carboxylic acids is 1. The third-order valence-corrected chi connectivity index (χ3v) is 4.90. The molecule has 136 valence electrons. The molecule has 1 N–H and O–H groups in total. The third-order valence-electron chi connectivity index (χ3n) is 3.97. The maximum absolute atomic E-state index is 12.1. The van der Waals surface area contributed by atoms with Gasteiger partial charge in [-0.25, -0.2) is 4.98 Å². The van der Waals surface area contributed by atoms with Crippen LogP contribution in [0.4, 0.5) is 0 Å². The van der Waals surface area contributed by atoms with E-state index in [9.17, 15) is 9.59 Å². The molecule has 0 bridgehead atoms. The molecule has 0 aliphatic heterocycles. The standard InChI is InChI=1S/C18H19N3O4S/c1-10-14(11(2)25-21-10)8-26-9-16(22)24-12(3)17-19-15-7-5-4-6-13(15)18(23)20-17/h4-7,12H,8-9H2,1-3H3,(H,19,20,23)/t12-/m1/s1. The van der Waals surface area contributed by atoms with Gasteiger partial charge in [-0.15, -0.1) is 11.8 Å². The summed E-state index contributed by atoms with van der Waals surface area (Å²) in [6, 6.07) is 7.04. The highest BCUT2D eigenvalue weighted by Crippen LogP contribution is 2.20. The van der Waals surface area contributed by atoms with Gasteiger partial charge in [-0.3, -0.25) is 9.59 Å². The fourth-order valence-electron chi connectivity index (χ4n) is 2.53. The number of aromatic amines is 1. The van der Waals surface area contributed by atoms with Crippen molar-refractivity contribution >= 4 is 28.6 Å². The summed E-state index contributed by atoms with van der Waals surface area (Å²) in [6.07, 6.45) is -0.639. The molecule has 26 heavy (non-hydrogen) atoms. The van der Waals surface area contributed by atoms with Crippen LogP contribution in [0.2, 0.25) is 0 Å². The zero-order chi connectivity index (χ0) is 18.7. The summed E-state index contributed by atoms with van der Waals surface area (Å²) in [5.74, 6) is 1.53. The molecule has 0 amide bonds. The van der Waals surface area contributed by atoms with Crippen LogP contribution in [0, 0.1) is 13.8 Å². The summed E-state index contributed by atoms with van der Waals surface area (Å²) in [7, 11) is 0. The average Bonchev–Trinajstić information content (AvgIpc) is 2.93. The summed E-state index contributed by atoms with van der Waals surface area (Å²) in [5, 5.41) is 4.39.